The summed E-state index contributed by atoms with van der Waals surface area (Å²) in [5, 5.41) is 4.34. The molecule has 0 aliphatic heterocycles. The van der Waals surface area contributed by atoms with Crippen molar-refractivity contribution in [3.05, 3.63) is 46.2 Å². The molecule has 0 bridgehead atoms. The fourth-order valence-corrected chi connectivity index (χ4v) is 2.51. The second-order valence-electron chi connectivity index (χ2n) is 6.95. The zero-order valence-electron chi connectivity index (χ0n) is 15.5. The lowest BCUT2D eigenvalue weighted by molar-refractivity contribution is -0.128. The molecule has 7 nitrogen and oxygen atoms in total. The number of nitrogens with one attached hydrogen (secondary N) is 2. The van der Waals surface area contributed by atoms with E-state index in [1.54, 1.807) is 38.2 Å². The van der Waals surface area contributed by atoms with Crippen molar-refractivity contribution in [1.29, 1.82) is 0 Å². The van der Waals surface area contributed by atoms with E-state index in [0.29, 0.717) is 11.4 Å². The number of ether oxygens (including phenoxy) is 1. The summed E-state index contributed by atoms with van der Waals surface area (Å²) in [5.74, 6) is -0.357. The molecule has 140 valence electrons. The smallest absolute Gasteiger partial charge is 0.287 e. The van der Waals surface area contributed by atoms with E-state index in [2.05, 4.69) is 31.9 Å². The quantitative estimate of drug-likeness (QED) is 0.741. The van der Waals surface area contributed by atoms with Gasteiger partial charge in [0.15, 0.2) is 6.10 Å². The van der Waals surface area contributed by atoms with Crippen LogP contribution < -0.4 is 15.6 Å². The Kier molecular flexibility index (Phi) is 6.07. The number of hydrazine groups is 1. The first kappa shape index (κ1) is 20.0. The van der Waals surface area contributed by atoms with Crippen molar-refractivity contribution < 1.29 is 14.3 Å². The highest BCUT2D eigenvalue weighted by Crippen LogP contribution is 2.21. The molecule has 0 aliphatic carbocycles. The molecule has 0 aliphatic rings. The van der Waals surface area contributed by atoms with E-state index < -0.39 is 17.9 Å². The molecule has 0 spiro atoms. The molecule has 2 rings (SSSR count). The van der Waals surface area contributed by atoms with Crippen LogP contribution >= 0.6 is 15.9 Å². The zero-order chi connectivity index (χ0) is 19.5. The molecule has 1 aromatic carbocycles. The van der Waals surface area contributed by atoms with E-state index in [-0.39, 0.29) is 5.41 Å². The van der Waals surface area contributed by atoms with Crippen LogP contribution in [-0.2, 0) is 17.3 Å². The summed E-state index contributed by atoms with van der Waals surface area (Å²) in [7, 11) is 1.69. The molecule has 0 saturated heterocycles. The first-order valence-corrected chi connectivity index (χ1v) is 8.94. The van der Waals surface area contributed by atoms with Crippen LogP contribution in [0.1, 0.15) is 43.9 Å². The summed E-state index contributed by atoms with van der Waals surface area (Å²) in [6.07, 6.45) is -0.777. The fourth-order valence-electron chi connectivity index (χ4n) is 2.13. The zero-order valence-corrected chi connectivity index (χ0v) is 17.0. The van der Waals surface area contributed by atoms with Gasteiger partial charge in [0, 0.05) is 16.9 Å². The first-order valence-electron chi connectivity index (χ1n) is 8.15. The van der Waals surface area contributed by atoms with E-state index >= 15 is 0 Å². The highest BCUT2D eigenvalue weighted by Gasteiger charge is 2.22. The summed E-state index contributed by atoms with van der Waals surface area (Å²) in [6, 6.07) is 8.88. The first-order chi connectivity index (χ1) is 12.1. The Balaban J connectivity index is 1.94. The average Bonchev–Trinajstić information content (AvgIpc) is 2.94. The van der Waals surface area contributed by atoms with Crippen molar-refractivity contribution in [3.8, 4) is 5.75 Å². The summed E-state index contributed by atoms with van der Waals surface area (Å²) in [4.78, 5) is 24.4. The molecule has 0 radical (unpaired) electrons. The molecule has 2 amide bonds. The maximum absolute atomic E-state index is 12.3. The number of amides is 2. The largest absolute Gasteiger partial charge is 0.481 e. The number of rotatable bonds is 4. The van der Waals surface area contributed by atoms with E-state index in [0.717, 1.165) is 10.2 Å². The van der Waals surface area contributed by atoms with Crippen LogP contribution in [0.2, 0.25) is 0 Å². The van der Waals surface area contributed by atoms with E-state index in [9.17, 15) is 9.59 Å². The van der Waals surface area contributed by atoms with Crippen molar-refractivity contribution in [1.82, 2.24) is 20.6 Å². The number of carbonyl (C=O) groups excluding carboxylic acids is 2. The van der Waals surface area contributed by atoms with Crippen molar-refractivity contribution in [3.63, 3.8) is 0 Å². The van der Waals surface area contributed by atoms with Gasteiger partial charge >= 0.3 is 0 Å². The second kappa shape index (κ2) is 7.90. The third kappa shape index (κ3) is 5.08. The summed E-state index contributed by atoms with van der Waals surface area (Å²) in [6.45, 7) is 7.64. The Bertz CT molecular complexity index is 811. The van der Waals surface area contributed by atoms with Crippen LogP contribution in [0.3, 0.4) is 0 Å². The number of aryl methyl sites for hydroxylation is 1. The van der Waals surface area contributed by atoms with Gasteiger partial charge in [-0.25, -0.2) is 0 Å². The van der Waals surface area contributed by atoms with Crippen molar-refractivity contribution in [2.45, 2.75) is 39.2 Å². The third-order valence-electron chi connectivity index (χ3n) is 3.66. The van der Waals surface area contributed by atoms with Crippen LogP contribution in [0.15, 0.2) is 34.8 Å². The topological polar surface area (TPSA) is 85.2 Å². The maximum atomic E-state index is 12.3. The van der Waals surface area contributed by atoms with E-state index in [1.165, 1.54) is 4.68 Å². The summed E-state index contributed by atoms with van der Waals surface area (Å²) in [5.41, 5.74) is 5.75. The van der Waals surface area contributed by atoms with Gasteiger partial charge in [0.25, 0.3) is 11.8 Å². The lowest BCUT2D eigenvalue weighted by Gasteiger charge is -2.15. The Hall–Kier alpha value is -2.35. The lowest BCUT2D eigenvalue weighted by atomic mass is 9.92. The Labute approximate surface area is 161 Å². The van der Waals surface area contributed by atoms with Crippen LogP contribution in [-0.4, -0.2) is 27.7 Å². The molecule has 26 heavy (non-hydrogen) atoms. The molecule has 0 fully saturated rings. The number of benzene rings is 1. The van der Waals surface area contributed by atoms with Gasteiger partial charge in [-0.15, -0.1) is 0 Å². The number of aromatic nitrogens is 2. The van der Waals surface area contributed by atoms with Crippen molar-refractivity contribution in [2.75, 3.05) is 0 Å². The predicted molar refractivity (Wildman–Crippen MR) is 102 cm³/mol. The van der Waals surface area contributed by atoms with E-state index in [1.807, 2.05) is 26.8 Å². The highest BCUT2D eigenvalue weighted by atomic mass is 79.9. The summed E-state index contributed by atoms with van der Waals surface area (Å²) < 4.78 is 7.90. The average molecular weight is 423 g/mol. The Morgan fingerprint density at radius 3 is 2.50 bits per heavy atom. The minimum atomic E-state index is -0.777. The number of hydrogen-bond donors (Lipinski definition) is 2. The molecule has 1 atom stereocenters. The number of nitrogens with zero attached hydrogens (tertiary/aromatic N) is 2. The fraction of sp³-hybridized carbons (Fsp3) is 0.389. The Morgan fingerprint density at radius 2 is 1.92 bits per heavy atom. The minimum absolute atomic E-state index is 0.175. The van der Waals surface area contributed by atoms with Crippen LogP contribution in [0.25, 0.3) is 0 Å². The number of carbonyl (C=O) groups is 2. The molecular weight excluding hydrogens is 400 g/mol. The maximum Gasteiger partial charge on any atom is 0.287 e. The van der Waals surface area contributed by atoms with Gasteiger partial charge in [0.2, 0.25) is 0 Å². The number of hydrogen-bond acceptors (Lipinski definition) is 4. The Morgan fingerprint density at radius 1 is 1.23 bits per heavy atom. The highest BCUT2D eigenvalue weighted by molar-refractivity contribution is 9.10. The molecule has 2 N–H and O–H groups in total. The van der Waals surface area contributed by atoms with Crippen LogP contribution in [0.5, 0.6) is 5.75 Å². The minimum Gasteiger partial charge on any atom is -0.481 e. The SMILES string of the molecule is CC(Oc1cccc(Br)c1)C(=O)NNC(=O)c1cc(C(C)(C)C)nn1C. The van der Waals surface area contributed by atoms with Gasteiger partial charge in [0.05, 0.1) is 5.69 Å². The van der Waals surface area contributed by atoms with Gasteiger partial charge in [-0.05, 0) is 31.2 Å². The monoisotopic (exact) mass is 422 g/mol. The normalized spacial score (nSPS) is 12.4. The molecule has 2 aromatic rings. The molecule has 1 heterocycles. The van der Waals surface area contributed by atoms with Crippen LogP contribution in [0.4, 0.5) is 0 Å². The van der Waals surface area contributed by atoms with Crippen LogP contribution in [0, 0.1) is 0 Å². The van der Waals surface area contributed by atoms with Gasteiger partial charge < -0.3 is 4.74 Å². The van der Waals surface area contributed by atoms with Gasteiger partial charge in [-0.1, -0.05) is 42.8 Å². The molecule has 1 aromatic heterocycles. The predicted octanol–water partition coefficient (Wildman–Crippen LogP) is 2.71. The number of halogens is 1. The van der Waals surface area contributed by atoms with Gasteiger partial charge in [0.1, 0.15) is 11.4 Å². The molecular formula is C18H23BrN4O3. The van der Waals surface area contributed by atoms with Gasteiger partial charge in [-0.3, -0.25) is 25.1 Å². The molecule has 0 saturated carbocycles. The second-order valence-corrected chi connectivity index (χ2v) is 7.86. The van der Waals surface area contributed by atoms with Crippen molar-refractivity contribution in [2.24, 2.45) is 7.05 Å². The van der Waals surface area contributed by atoms with E-state index in [4.69, 9.17) is 4.74 Å². The standard InChI is InChI=1S/C18H23BrN4O3/c1-11(26-13-8-6-7-12(19)9-13)16(24)20-21-17(25)14-10-15(18(2,3)4)22-23(14)5/h6-11H,1-5H3,(H,20,24)(H,21,25). The molecule has 1 unspecified atom stereocenters. The third-order valence-corrected chi connectivity index (χ3v) is 4.15. The van der Waals surface area contributed by atoms with Gasteiger partial charge in [-0.2, -0.15) is 5.10 Å². The molecule has 8 heteroatoms. The summed E-state index contributed by atoms with van der Waals surface area (Å²) >= 11 is 3.34. The van der Waals surface area contributed by atoms with Crippen molar-refractivity contribution >= 4 is 27.7 Å². The lowest BCUT2D eigenvalue weighted by Crippen LogP contribution is -2.47.